The van der Waals surface area contributed by atoms with Crippen molar-refractivity contribution in [3.05, 3.63) is 70.4 Å². The van der Waals surface area contributed by atoms with E-state index in [2.05, 4.69) is 17.5 Å². The molecule has 7 nitrogen and oxygen atoms in total. The second-order valence-corrected chi connectivity index (χ2v) is 11.1. The van der Waals surface area contributed by atoms with Crippen molar-refractivity contribution in [3.63, 3.8) is 0 Å². The van der Waals surface area contributed by atoms with Gasteiger partial charge in [-0.05, 0) is 42.3 Å². The number of piperidine rings is 1. The van der Waals surface area contributed by atoms with Gasteiger partial charge in [0.2, 0.25) is 5.78 Å². The fraction of sp³-hybridized carbons (Fsp3) is 0.400. The highest BCUT2D eigenvalue weighted by molar-refractivity contribution is 5.98. The Balaban J connectivity index is 1.33. The number of aromatic hydroxyl groups is 1. The number of Topliss-reactive ketones (excluding diaryl/α,β-unsaturated/α-hetero) is 1. The van der Waals surface area contributed by atoms with E-state index in [9.17, 15) is 14.7 Å². The number of ether oxygens (including phenoxy) is 2. The molecule has 2 saturated heterocycles. The van der Waals surface area contributed by atoms with Crippen molar-refractivity contribution in [2.24, 2.45) is 5.92 Å². The number of fused-ring (bicyclic) bond motifs is 3. The molecule has 0 saturated carbocycles. The summed E-state index contributed by atoms with van der Waals surface area (Å²) in [6, 6.07) is 11.3. The Morgan fingerprint density at radius 2 is 2.05 bits per heavy atom. The van der Waals surface area contributed by atoms with Gasteiger partial charge in [-0.2, -0.15) is 0 Å². The van der Waals surface area contributed by atoms with Gasteiger partial charge in [0.05, 0.1) is 30.9 Å². The molecular formula is C30H31N2O5+. The summed E-state index contributed by atoms with van der Waals surface area (Å²) in [5.41, 5.74) is 4.96. The average molecular weight is 500 g/mol. The molecular weight excluding hydrogens is 468 g/mol. The van der Waals surface area contributed by atoms with Crippen LogP contribution in [0.3, 0.4) is 0 Å². The summed E-state index contributed by atoms with van der Waals surface area (Å²) < 4.78 is 12.3. The molecule has 4 atom stereocenters. The Labute approximate surface area is 216 Å². The molecule has 2 unspecified atom stereocenters. The SMILES string of the molecule is C/C=C1/C[N+]2(CC(=O)c3ccc4c(c3)OCCCO4)CC[C@]34C(=C(C=O)[C@H]1CC32)Nc1c(O)cccc14. The van der Waals surface area contributed by atoms with Crippen LogP contribution in [0.15, 0.2) is 59.3 Å². The maximum absolute atomic E-state index is 13.9. The molecule has 7 rings (SSSR count). The molecule has 2 aromatic rings. The molecule has 2 N–H and O–H groups in total. The molecule has 37 heavy (non-hydrogen) atoms. The lowest BCUT2D eigenvalue weighted by atomic mass is 9.61. The van der Waals surface area contributed by atoms with E-state index >= 15 is 0 Å². The lowest BCUT2D eigenvalue weighted by Gasteiger charge is -2.53. The average Bonchev–Trinajstić information content (AvgIpc) is 3.32. The third-order valence-electron chi connectivity index (χ3n) is 9.49. The molecule has 0 amide bonds. The maximum atomic E-state index is 13.9. The number of carbonyl (C=O) groups is 2. The zero-order valence-corrected chi connectivity index (χ0v) is 21.0. The summed E-state index contributed by atoms with van der Waals surface area (Å²) >= 11 is 0. The van der Waals surface area contributed by atoms with E-state index < -0.39 is 5.41 Å². The number of benzene rings is 2. The van der Waals surface area contributed by atoms with Gasteiger partial charge >= 0.3 is 0 Å². The van der Waals surface area contributed by atoms with Gasteiger partial charge < -0.3 is 24.4 Å². The Bertz CT molecular complexity index is 1410. The Morgan fingerprint density at radius 3 is 2.86 bits per heavy atom. The van der Waals surface area contributed by atoms with E-state index in [0.717, 1.165) is 55.5 Å². The Morgan fingerprint density at radius 1 is 1.22 bits per heavy atom. The topological polar surface area (TPSA) is 84.9 Å². The smallest absolute Gasteiger partial charge is 0.217 e. The van der Waals surface area contributed by atoms with Crippen LogP contribution in [0.2, 0.25) is 0 Å². The molecule has 1 aliphatic carbocycles. The van der Waals surface area contributed by atoms with Crippen LogP contribution in [0.25, 0.3) is 0 Å². The second kappa shape index (κ2) is 7.96. The Hall–Kier alpha value is -3.58. The number of quaternary nitrogens is 1. The van der Waals surface area contributed by atoms with E-state index in [1.807, 2.05) is 31.2 Å². The number of rotatable bonds is 4. The van der Waals surface area contributed by atoms with Crippen LogP contribution >= 0.6 is 0 Å². The quantitative estimate of drug-likeness (QED) is 0.216. The van der Waals surface area contributed by atoms with Crippen LogP contribution < -0.4 is 14.8 Å². The molecule has 5 aliphatic rings. The number of nitrogens with one attached hydrogen (secondary N) is 1. The summed E-state index contributed by atoms with van der Waals surface area (Å²) in [4.78, 5) is 26.4. The minimum Gasteiger partial charge on any atom is -0.506 e. The van der Waals surface area contributed by atoms with Gasteiger partial charge in [0, 0.05) is 42.0 Å². The highest BCUT2D eigenvalue weighted by atomic mass is 16.5. The number of aldehydes is 1. The van der Waals surface area contributed by atoms with E-state index in [0.29, 0.717) is 47.0 Å². The highest BCUT2D eigenvalue weighted by Crippen LogP contribution is 2.64. The fourth-order valence-electron chi connectivity index (χ4n) is 7.90. The monoisotopic (exact) mass is 499 g/mol. The predicted octanol–water partition coefficient (Wildman–Crippen LogP) is 4.12. The van der Waals surface area contributed by atoms with Crippen molar-refractivity contribution in [1.29, 1.82) is 0 Å². The van der Waals surface area contributed by atoms with Crippen LogP contribution in [0.1, 0.15) is 42.1 Å². The first kappa shape index (κ1) is 22.6. The van der Waals surface area contributed by atoms with Gasteiger partial charge in [0.25, 0.3) is 0 Å². The maximum Gasteiger partial charge on any atom is 0.217 e. The molecule has 7 heteroatoms. The van der Waals surface area contributed by atoms with E-state index in [-0.39, 0.29) is 23.5 Å². The van der Waals surface area contributed by atoms with Gasteiger partial charge in [0.15, 0.2) is 11.5 Å². The van der Waals surface area contributed by atoms with Crippen LogP contribution in [-0.2, 0) is 10.2 Å². The van der Waals surface area contributed by atoms with Gasteiger partial charge in [-0.1, -0.05) is 18.2 Å². The number of hydrogen-bond acceptors (Lipinski definition) is 6. The number of carbonyl (C=O) groups excluding carboxylic acids is 2. The number of nitrogens with zero attached hydrogens (tertiary/aromatic N) is 1. The zero-order chi connectivity index (χ0) is 25.4. The van der Waals surface area contributed by atoms with Gasteiger partial charge in [-0.3, -0.25) is 9.59 Å². The number of hydrogen-bond donors (Lipinski definition) is 2. The molecule has 4 heterocycles. The molecule has 1 spiro atoms. The number of allylic oxidation sites excluding steroid dienone is 2. The van der Waals surface area contributed by atoms with Crippen molar-refractivity contribution in [2.45, 2.75) is 37.6 Å². The van der Waals surface area contributed by atoms with Gasteiger partial charge in [-0.25, -0.2) is 0 Å². The van der Waals surface area contributed by atoms with Crippen LogP contribution in [0, 0.1) is 5.92 Å². The second-order valence-electron chi connectivity index (χ2n) is 11.1. The summed E-state index contributed by atoms with van der Waals surface area (Å²) in [5, 5.41) is 14.2. The van der Waals surface area contributed by atoms with Crippen molar-refractivity contribution < 1.29 is 28.7 Å². The summed E-state index contributed by atoms with van der Waals surface area (Å²) in [6.07, 6.45) is 5.61. The van der Waals surface area contributed by atoms with Crippen molar-refractivity contribution in [1.82, 2.24) is 0 Å². The van der Waals surface area contributed by atoms with Gasteiger partial charge in [0.1, 0.15) is 31.2 Å². The molecule has 4 aliphatic heterocycles. The minimum atomic E-state index is -0.398. The molecule has 2 bridgehead atoms. The largest absolute Gasteiger partial charge is 0.506 e. The number of phenolic OH excluding ortho intramolecular Hbond substituents is 1. The third-order valence-corrected chi connectivity index (χ3v) is 9.49. The summed E-state index contributed by atoms with van der Waals surface area (Å²) in [7, 11) is 0. The number of anilines is 1. The summed E-state index contributed by atoms with van der Waals surface area (Å²) in [5.74, 6) is 1.66. The highest BCUT2D eigenvalue weighted by Gasteiger charge is 2.69. The molecule has 0 aromatic heterocycles. The van der Waals surface area contributed by atoms with E-state index in [1.165, 1.54) is 5.57 Å². The lowest BCUT2D eigenvalue weighted by molar-refractivity contribution is -0.934. The zero-order valence-electron chi connectivity index (χ0n) is 21.0. The Kier molecular flexibility index (Phi) is 4.86. The van der Waals surface area contributed by atoms with E-state index in [1.54, 1.807) is 6.07 Å². The third kappa shape index (κ3) is 2.98. The van der Waals surface area contributed by atoms with Crippen molar-refractivity contribution in [2.75, 3.05) is 38.2 Å². The van der Waals surface area contributed by atoms with Crippen LogP contribution in [0.4, 0.5) is 5.69 Å². The lowest BCUT2D eigenvalue weighted by Crippen LogP contribution is -2.64. The number of ketones is 1. The van der Waals surface area contributed by atoms with Crippen LogP contribution in [-0.4, -0.2) is 60.5 Å². The number of para-hydroxylation sites is 1. The molecule has 0 radical (unpaired) electrons. The normalized spacial score (nSPS) is 31.9. The van der Waals surface area contributed by atoms with Crippen molar-refractivity contribution >= 4 is 17.8 Å². The van der Waals surface area contributed by atoms with Crippen molar-refractivity contribution in [3.8, 4) is 17.2 Å². The predicted molar refractivity (Wildman–Crippen MR) is 138 cm³/mol. The molecule has 2 fully saturated rings. The standard InChI is InChI=1S/C30H30N2O5/c1-2-18-15-32(16-24(35)19-7-8-25-26(13-19)37-12-4-11-36-25)10-9-30-22-5-3-6-23(34)28(22)31-29(30)21(17-33)20(18)14-27(30)32/h2-3,5-8,13,17,20,27H,4,9-12,14-16H2,1H3,(H-,31,33,34)/p+1/b18-2-/t20-,27?,30+,32?/m0/s1. The minimum absolute atomic E-state index is 0.0390. The first-order valence-electron chi connectivity index (χ1n) is 13.2. The first-order valence-corrected chi connectivity index (χ1v) is 13.2. The van der Waals surface area contributed by atoms with E-state index in [4.69, 9.17) is 9.47 Å². The van der Waals surface area contributed by atoms with Crippen LogP contribution in [0.5, 0.6) is 17.2 Å². The molecule has 2 aromatic carbocycles. The first-order chi connectivity index (χ1) is 18.0. The van der Waals surface area contributed by atoms with Gasteiger partial charge in [-0.15, -0.1) is 0 Å². The fourth-order valence-corrected chi connectivity index (χ4v) is 7.90. The summed E-state index contributed by atoms with van der Waals surface area (Å²) in [6.45, 7) is 5.19. The number of phenols is 1. The molecule has 190 valence electrons.